The number of H-pyrrole nitrogens is 2. The van der Waals surface area contributed by atoms with Crippen molar-refractivity contribution in [3.8, 4) is 18.0 Å². The number of rotatable bonds is 1. The van der Waals surface area contributed by atoms with Crippen LogP contribution in [0.15, 0.2) is 45.3 Å². The van der Waals surface area contributed by atoms with E-state index in [2.05, 4.69) is 9.97 Å². The zero-order chi connectivity index (χ0) is 16.6. The first-order valence-corrected chi connectivity index (χ1v) is 6.49. The Labute approximate surface area is 129 Å². The lowest BCUT2D eigenvalue weighted by molar-refractivity contribution is 0.373. The number of fused-ring (bicyclic) bond motifs is 1. The molecule has 8 nitrogen and oxygen atoms in total. The third kappa shape index (κ3) is 2.24. The fraction of sp³-hybridized carbons (Fsp3) is 0.0667. The highest BCUT2D eigenvalue weighted by molar-refractivity contribution is 5.53. The molecule has 1 atom stereocenters. The Balaban J connectivity index is 2.29. The van der Waals surface area contributed by atoms with Crippen LogP contribution in [0.4, 0.5) is 0 Å². The maximum atomic E-state index is 12.2. The molecule has 0 radical (unpaired) electrons. The van der Waals surface area contributed by atoms with Gasteiger partial charge in [-0.3, -0.25) is 14.8 Å². The van der Waals surface area contributed by atoms with E-state index in [4.69, 9.17) is 15.7 Å². The molecule has 23 heavy (non-hydrogen) atoms. The zero-order valence-corrected chi connectivity index (χ0v) is 11.6. The van der Waals surface area contributed by atoms with Crippen LogP contribution in [-0.2, 0) is 0 Å². The summed E-state index contributed by atoms with van der Waals surface area (Å²) in [4.78, 5) is 28.0. The fourth-order valence-corrected chi connectivity index (χ4v) is 2.47. The molecular formula is C15H9N5O3. The normalized spacial score (nSPS) is 16.0. The lowest BCUT2D eigenvalue weighted by atomic mass is 9.85. The van der Waals surface area contributed by atoms with E-state index < -0.39 is 17.2 Å². The quantitative estimate of drug-likeness (QED) is 0.683. The molecule has 0 bridgehead atoms. The van der Waals surface area contributed by atoms with Gasteiger partial charge < -0.3 is 10.5 Å². The molecule has 0 aliphatic carbocycles. The Hall–Kier alpha value is -3.78. The maximum Gasteiger partial charge on any atom is 0.328 e. The van der Waals surface area contributed by atoms with E-state index in [0.717, 1.165) is 0 Å². The minimum absolute atomic E-state index is 0.0553. The van der Waals surface area contributed by atoms with Crippen molar-refractivity contribution in [2.24, 2.45) is 5.73 Å². The van der Waals surface area contributed by atoms with E-state index in [1.165, 1.54) is 0 Å². The molecule has 1 unspecified atom stereocenters. The molecule has 2 heterocycles. The monoisotopic (exact) mass is 307 g/mol. The van der Waals surface area contributed by atoms with Gasteiger partial charge in [-0.15, -0.1) is 0 Å². The fourth-order valence-electron chi connectivity index (χ4n) is 2.47. The van der Waals surface area contributed by atoms with Crippen molar-refractivity contribution in [3.63, 3.8) is 0 Å². The van der Waals surface area contributed by atoms with Crippen LogP contribution in [0.2, 0.25) is 0 Å². The second-order valence-electron chi connectivity index (χ2n) is 4.81. The first-order valence-electron chi connectivity index (χ1n) is 6.49. The molecule has 3 rings (SSSR count). The number of aromatic nitrogens is 2. The van der Waals surface area contributed by atoms with Crippen molar-refractivity contribution in [2.45, 2.75) is 5.92 Å². The topological polar surface area (TPSA) is 149 Å². The highest BCUT2D eigenvalue weighted by Gasteiger charge is 2.33. The third-order valence-corrected chi connectivity index (χ3v) is 3.49. The number of nitriles is 2. The van der Waals surface area contributed by atoms with Gasteiger partial charge in [-0.2, -0.15) is 10.5 Å². The second-order valence-corrected chi connectivity index (χ2v) is 4.81. The van der Waals surface area contributed by atoms with Crippen molar-refractivity contribution in [1.29, 1.82) is 10.5 Å². The largest absolute Gasteiger partial charge is 0.424 e. The van der Waals surface area contributed by atoms with Gasteiger partial charge in [-0.05, 0) is 17.7 Å². The maximum absolute atomic E-state index is 12.2. The number of nitrogens with one attached hydrogen (secondary N) is 2. The number of hydrogen-bond acceptors (Lipinski definition) is 6. The summed E-state index contributed by atoms with van der Waals surface area (Å²) in [5.74, 6) is -1.07. The summed E-state index contributed by atoms with van der Waals surface area (Å²) < 4.78 is 5.20. The van der Waals surface area contributed by atoms with E-state index in [1.54, 1.807) is 24.3 Å². The molecule has 8 heteroatoms. The van der Waals surface area contributed by atoms with Crippen LogP contribution in [0.5, 0.6) is 5.88 Å². The summed E-state index contributed by atoms with van der Waals surface area (Å²) in [6, 6.07) is 10.3. The van der Waals surface area contributed by atoms with E-state index in [-0.39, 0.29) is 22.9 Å². The highest BCUT2D eigenvalue weighted by atomic mass is 16.5. The summed E-state index contributed by atoms with van der Waals surface area (Å²) in [6.45, 7) is 0. The van der Waals surface area contributed by atoms with Gasteiger partial charge in [0.2, 0.25) is 11.8 Å². The van der Waals surface area contributed by atoms with Crippen LogP contribution >= 0.6 is 0 Å². The minimum atomic E-state index is -0.794. The predicted octanol–water partition coefficient (Wildman–Crippen LogP) is 0.153. The van der Waals surface area contributed by atoms with E-state index >= 15 is 0 Å². The minimum Gasteiger partial charge on any atom is -0.424 e. The van der Waals surface area contributed by atoms with E-state index in [9.17, 15) is 14.9 Å². The van der Waals surface area contributed by atoms with E-state index in [1.807, 2.05) is 12.1 Å². The number of hydrogen-bond donors (Lipinski definition) is 3. The van der Waals surface area contributed by atoms with Gasteiger partial charge in [0.25, 0.3) is 5.56 Å². The summed E-state index contributed by atoms with van der Waals surface area (Å²) in [5.41, 5.74) is 5.48. The van der Waals surface area contributed by atoms with Crippen molar-refractivity contribution in [3.05, 3.63) is 73.3 Å². The van der Waals surface area contributed by atoms with Gasteiger partial charge in [0, 0.05) is 0 Å². The first kappa shape index (κ1) is 14.2. The van der Waals surface area contributed by atoms with Gasteiger partial charge in [-0.25, -0.2) is 4.79 Å². The van der Waals surface area contributed by atoms with Crippen LogP contribution in [0.25, 0.3) is 0 Å². The Morgan fingerprint density at radius 1 is 1.09 bits per heavy atom. The lowest BCUT2D eigenvalue weighted by Gasteiger charge is -2.24. The van der Waals surface area contributed by atoms with Crippen molar-refractivity contribution in [1.82, 2.24) is 9.97 Å². The molecule has 1 aromatic heterocycles. The Morgan fingerprint density at radius 3 is 2.39 bits per heavy atom. The number of aromatic amines is 2. The highest BCUT2D eigenvalue weighted by Crippen LogP contribution is 2.38. The summed E-state index contributed by atoms with van der Waals surface area (Å²) in [7, 11) is 0. The van der Waals surface area contributed by atoms with Crippen LogP contribution in [-0.4, -0.2) is 9.97 Å². The molecule has 4 N–H and O–H groups in total. The number of allylic oxidation sites excluding steroid dienone is 1. The van der Waals surface area contributed by atoms with Crippen LogP contribution in [0, 0.1) is 22.7 Å². The van der Waals surface area contributed by atoms with Crippen molar-refractivity contribution in [2.75, 3.05) is 0 Å². The Bertz CT molecular complexity index is 1020. The number of nitrogens with zero attached hydrogens (tertiary/aromatic N) is 2. The SMILES string of the molecule is N#CC1=C(N)Oc2[nH]c(=O)[nH]c(=O)c2C1c1ccc(C#N)cc1. The Morgan fingerprint density at radius 2 is 1.78 bits per heavy atom. The molecular weight excluding hydrogens is 298 g/mol. The molecule has 1 aromatic carbocycles. The molecule has 0 spiro atoms. The molecule has 2 aromatic rings. The average molecular weight is 307 g/mol. The van der Waals surface area contributed by atoms with Gasteiger partial charge >= 0.3 is 5.69 Å². The number of benzene rings is 1. The standard InChI is InChI=1S/C15H9N5O3/c16-5-7-1-3-8(4-2-7)10-9(6-17)12(18)23-14-11(10)13(21)19-15(22)20-14/h1-4,10H,18H2,(H2,19,20,21,22). The summed E-state index contributed by atoms with van der Waals surface area (Å²) in [5, 5.41) is 18.2. The molecule has 0 saturated heterocycles. The predicted molar refractivity (Wildman–Crippen MR) is 78.1 cm³/mol. The lowest BCUT2D eigenvalue weighted by Crippen LogP contribution is -2.33. The van der Waals surface area contributed by atoms with Crippen LogP contribution in [0.3, 0.4) is 0 Å². The third-order valence-electron chi connectivity index (χ3n) is 3.49. The summed E-state index contributed by atoms with van der Waals surface area (Å²) >= 11 is 0. The zero-order valence-electron chi connectivity index (χ0n) is 11.6. The Kier molecular flexibility index (Phi) is 3.21. The first-order chi connectivity index (χ1) is 11.0. The molecule has 1 aliphatic rings. The molecule has 112 valence electrons. The van der Waals surface area contributed by atoms with Crippen LogP contribution in [0.1, 0.15) is 22.6 Å². The van der Waals surface area contributed by atoms with Crippen molar-refractivity contribution < 1.29 is 4.74 Å². The molecule has 1 aliphatic heterocycles. The van der Waals surface area contributed by atoms with E-state index in [0.29, 0.717) is 11.1 Å². The smallest absolute Gasteiger partial charge is 0.328 e. The van der Waals surface area contributed by atoms with Gasteiger partial charge in [0.15, 0.2) is 0 Å². The van der Waals surface area contributed by atoms with Crippen LogP contribution < -0.4 is 21.7 Å². The molecule has 0 fully saturated rings. The number of ether oxygens (including phenoxy) is 1. The van der Waals surface area contributed by atoms with Gasteiger partial charge in [0.05, 0.1) is 23.1 Å². The molecule has 0 amide bonds. The average Bonchev–Trinajstić information content (AvgIpc) is 2.53. The molecule has 0 saturated carbocycles. The van der Waals surface area contributed by atoms with Gasteiger partial charge in [0.1, 0.15) is 11.6 Å². The second kappa shape index (κ2) is 5.20. The van der Waals surface area contributed by atoms with Gasteiger partial charge in [-0.1, -0.05) is 12.1 Å². The number of nitrogens with two attached hydrogens (primary N) is 1. The summed E-state index contributed by atoms with van der Waals surface area (Å²) in [6.07, 6.45) is 0. The van der Waals surface area contributed by atoms with Crippen molar-refractivity contribution >= 4 is 0 Å².